The third-order valence-electron chi connectivity index (χ3n) is 5.82. The van der Waals surface area contributed by atoms with Gasteiger partial charge in [0, 0.05) is 24.2 Å². The van der Waals surface area contributed by atoms with Gasteiger partial charge in [0.2, 0.25) is 0 Å². The fourth-order valence-corrected chi connectivity index (χ4v) is 3.88. The highest BCUT2D eigenvalue weighted by Crippen LogP contribution is 2.41. The van der Waals surface area contributed by atoms with Crippen molar-refractivity contribution in [3.63, 3.8) is 0 Å². The molecule has 2 aromatic carbocycles. The van der Waals surface area contributed by atoms with Crippen molar-refractivity contribution in [2.75, 3.05) is 26.3 Å². The predicted molar refractivity (Wildman–Crippen MR) is 107 cm³/mol. The number of benzene rings is 2. The number of morpholine rings is 1. The zero-order chi connectivity index (χ0) is 20.3. The minimum Gasteiger partial charge on any atom is -0.378 e. The van der Waals surface area contributed by atoms with E-state index in [0.29, 0.717) is 43.0 Å². The number of carbonyl (C=O) groups excluding carboxylic acids is 2. The van der Waals surface area contributed by atoms with Crippen LogP contribution in [0.2, 0.25) is 0 Å². The molecule has 1 aliphatic carbocycles. The number of nitrogens with one attached hydrogen (secondary N) is 1. The van der Waals surface area contributed by atoms with Crippen LogP contribution in [0.5, 0.6) is 0 Å². The fourth-order valence-electron chi connectivity index (χ4n) is 3.88. The summed E-state index contributed by atoms with van der Waals surface area (Å²) in [5, 5.41) is 12.2. The Hall–Kier alpha value is -3.17. The second-order valence-corrected chi connectivity index (χ2v) is 7.56. The molecule has 0 unspecified atom stereocenters. The van der Waals surface area contributed by atoms with E-state index in [9.17, 15) is 9.59 Å². The highest BCUT2D eigenvalue weighted by Gasteiger charge is 2.40. The molecule has 2 aromatic rings. The molecule has 0 atom stereocenters. The second-order valence-electron chi connectivity index (χ2n) is 7.56. The van der Waals surface area contributed by atoms with Crippen molar-refractivity contribution in [3.8, 4) is 6.07 Å². The maximum absolute atomic E-state index is 12.9. The number of hydrogen-bond donors (Lipinski definition) is 1. The van der Waals surface area contributed by atoms with Crippen LogP contribution in [-0.2, 0) is 10.3 Å². The monoisotopic (exact) mass is 389 g/mol. The molecule has 0 bridgehead atoms. The minimum absolute atomic E-state index is 0.0340. The lowest BCUT2D eigenvalue weighted by molar-refractivity contribution is 0.0303. The lowest BCUT2D eigenvalue weighted by atomic mass is 9.71. The Morgan fingerprint density at radius 3 is 2.14 bits per heavy atom. The zero-order valence-electron chi connectivity index (χ0n) is 16.2. The number of amides is 2. The average molecular weight is 389 g/mol. The molecule has 1 saturated heterocycles. The maximum atomic E-state index is 12.9. The molecule has 4 rings (SSSR count). The number of nitriles is 1. The van der Waals surface area contributed by atoms with Crippen LogP contribution in [0.25, 0.3) is 0 Å². The van der Waals surface area contributed by atoms with E-state index in [-0.39, 0.29) is 17.4 Å². The molecule has 29 heavy (non-hydrogen) atoms. The Morgan fingerprint density at radius 1 is 0.966 bits per heavy atom. The Labute approximate surface area is 170 Å². The smallest absolute Gasteiger partial charge is 0.254 e. The summed E-state index contributed by atoms with van der Waals surface area (Å²) in [7, 11) is 0. The predicted octanol–water partition coefficient (Wildman–Crippen LogP) is 2.84. The summed E-state index contributed by atoms with van der Waals surface area (Å²) in [6.07, 6.45) is 2.80. The van der Waals surface area contributed by atoms with E-state index in [1.165, 1.54) is 0 Å². The van der Waals surface area contributed by atoms with Gasteiger partial charge in [0.1, 0.15) is 0 Å². The molecule has 1 N–H and O–H groups in total. The van der Waals surface area contributed by atoms with E-state index in [1.807, 2.05) is 12.1 Å². The molecule has 1 heterocycles. The van der Waals surface area contributed by atoms with Gasteiger partial charge in [-0.25, -0.2) is 0 Å². The minimum atomic E-state index is -0.382. The molecule has 2 fully saturated rings. The van der Waals surface area contributed by atoms with Crippen molar-refractivity contribution < 1.29 is 14.3 Å². The second kappa shape index (κ2) is 8.06. The Bertz CT molecular complexity index is 935. The van der Waals surface area contributed by atoms with Gasteiger partial charge in [-0.05, 0) is 61.2 Å². The fraction of sp³-hybridized carbons (Fsp3) is 0.348. The first-order valence-electron chi connectivity index (χ1n) is 9.92. The van der Waals surface area contributed by atoms with Crippen LogP contribution in [0.3, 0.4) is 0 Å². The maximum Gasteiger partial charge on any atom is 0.254 e. The molecule has 2 aliphatic rings. The van der Waals surface area contributed by atoms with Gasteiger partial charge in [0.25, 0.3) is 11.8 Å². The van der Waals surface area contributed by atoms with Gasteiger partial charge >= 0.3 is 0 Å². The summed E-state index contributed by atoms with van der Waals surface area (Å²) < 4.78 is 5.29. The van der Waals surface area contributed by atoms with Gasteiger partial charge in [-0.15, -0.1) is 0 Å². The molecule has 148 valence electrons. The highest BCUT2D eigenvalue weighted by atomic mass is 16.5. The van der Waals surface area contributed by atoms with Crippen molar-refractivity contribution in [2.24, 2.45) is 0 Å². The molecular weight excluding hydrogens is 366 g/mol. The van der Waals surface area contributed by atoms with Crippen molar-refractivity contribution in [1.29, 1.82) is 5.26 Å². The van der Waals surface area contributed by atoms with Crippen LogP contribution in [0.15, 0.2) is 48.5 Å². The topological polar surface area (TPSA) is 82.4 Å². The van der Waals surface area contributed by atoms with E-state index in [4.69, 9.17) is 10.00 Å². The van der Waals surface area contributed by atoms with E-state index in [0.717, 1.165) is 24.8 Å². The molecular formula is C23H23N3O3. The van der Waals surface area contributed by atoms with E-state index >= 15 is 0 Å². The van der Waals surface area contributed by atoms with E-state index in [2.05, 4.69) is 11.4 Å². The number of rotatable bonds is 4. The summed E-state index contributed by atoms with van der Waals surface area (Å²) >= 11 is 0. The first-order valence-corrected chi connectivity index (χ1v) is 9.92. The van der Waals surface area contributed by atoms with Gasteiger partial charge in [0.15, 0.2) is 0 Å². The molecule has 0 aromatic heterocycles. The van der Waals surface area contributed by atoms with Crippen LogP contribution < -0.4 is 5.32 Å². The van der Waals surface area contributed by atoms with Crippen molar-refractivity contribution in [3.05, 3.63) is 70.8 Å². The highest BCUT2D eigenvalue weighted by molar-refractivity contribution is 5.98. The van der Waals surface area contributed by atoms with Crippen LogP contribution in [-0.4, -0.2) is 43.0 Å². The van der Waals surface area contributed by atoms with Crippen LogP contribution >= 0.6 is 0 Å². The number of ether oxygens (including phenoxy) is 1. The van der Waals surface area contributed by atoms with Crippen molar-refractivity contribution in [1.82, 2.24) is 10.2 Å². The van der Waals surface area contributed by atoms with Crippen molar-refractivity contribution in [2.45, 2.75) is 24.8 Å². The standard InChI is InChI=1S/C23H23N3O3/c24-16-17-2-8-20(9-3-17)23(10-1-11-23)25-21(27)18-4-6-19(7-5-18)22(28)26-12-14-29-15-13-26/h2-9H,1,10-15H2,(H,25,27). The lowest BCUT2D eigenvalue weighted by Gasteiger charge is -2.43. The van der Waals surface area contributed by atoms with Gasteiger partial charge < -0.3 is 15.0 Å². The van der Waals surface area contributed by atoms with Crippen LogP contribution in [0.4, 0.5) is 0 Å². The molecule has 6 nitrogen and oxygen atoms in total. The van der Waals surface area contributed by atoms with Crippen LogP contribution in [0.1, 0.15) is 51.1 Å². The van der Waals surface area contributed by atoms with Gasteiger partial charge in [0.05, 0.1) is 30.4 Å². The molecule has 0 spiro atoms. The summed E-state index contributed by atoms with van der Waals surface area (Å²) in [6, 6.07) is 16.4. The average Bonchev–Trinajstić information content (AvgIpc) is 2.76. The largest absolute Gasteiger partial charge is 0.378 e. The van der Waals surface area contributed by atoms with E-state index < -0.39 is 0 Å². The SMILES string of the molecule is N#Cc1ccc(C2(NC(=O)c3ccc(C(=O)N4CCOCC4)cc3)CCC2)cc1. The van der Waals surface area contributed by atoms with Gasteiger partial charge in [-0.1, -0.05) is 12.1 Å². The molecule has 6 heteroatoms. The van der Waals surface area contributed by atoms with Crippen LogP contribution in [0, 0.1) is 11.3 Å². The van der Waals surface area contributed by atoms with Crippen molar-refractivity contribution >= 4 is 11.8 Å². The first kappa shape index (κ1) is 19.2. The lowest BCUT2D eigenvalue weighted by Crippen LogP contribution is -2.50. The Morgan fingerprint density at radius 2 is 1.59 bits per heavy atom. The van der Waals surface area contributed by atoms with Gasteiger partial charge in [-0.2, -0.15) is 5.26 Å². The summed E-state index contributed by atoms with van der Waals surface area (Å²) in [6.45, 7) is 2.30. The quantitative estimate of drug-likeness (QED) is 0.872. The van der Waals surface area contributed by atoms with Gasteiger partial charge in [-0.3, -0.25) is 9.59 Å². The molecule has 2 amide bonds. The summed E-state index contributed by atoms with van der Waals surface area (Å²) in [5.41, 5.74) is 2.36. The third-order valence-corrected chi connectivity index (χ3v) is 5.82. The Kier molecular flexibility index (Phi) is 5.32. The third kappa shape index (κ3) is 3.87. The first-order chi connectivity index (χ1) is 14.1. The number of nitrogens with zero attached hydrogens (tertiary/aromatic N) is 2. The molecule has 1 saturated carbocycles. The van der Waals surface area contributed by atoms with E-state index in [1.54, 1.807) is 41.3 Å². The molecule has 1 aliphatic heterocycles. The summed E-state index contributed by atoms with van der Waals surface area (Å²) in [4.78, 5) is 27.2. The normalized spacial score (nSPS) is 17.7. The summed E-state index contributed by atoms with van der Waals surface area (Å²) in [5.74, 6) is -0.187. The molecule has 0 radical (unpaired) electrons. The Balaban J connectivity index is 1.46. The zero-order valence-corrected chi connectivity index (χ0v) is 16.2. The number of carbonyl (C=O) groups is 2. The number of hydrogen-bond acceptors (Lipinski definition) is 4.